The third-order valence-corrected chi connectivity index (χ3v) is 27.2. The van der Waals surface area contributed by atoms with Crippen LogP contribution in [0.1, 0.15) is 78.6 Å². The second kappa shape index (κ2) is 21.2. The number of benzene rings is 10. The van der Waals surface area contributed by atoms with Gasteiger partial charge in [0.25, 0.3) is 20.0 Å². The molecular formula is C70H64N6O8S4. The first-order chi connectivity index (χ1) is 41.9. The zero-order valence-electron chi connectivity index (χ0n) is 48.5. The van der Waals surface area contributed by atoms with Crippen LogP contribution in [0.3, 0.4) is 0 Å². The molecule has 10 aromatic rings. The van der Waals surface area contributed by atoms with Crippen LogP contribution in [0.4, 0.5) is 22.7 Å². The molecule has 14 nitrogen and oxygen atoms in total. The van der Waals surface area contributed by atoms with E-state index in [1.54, 1.807) is 198 Å². The van der Waals surface area contributed by atoms with Gasteiger partial charge in [-0.25, -0.2) is 33.7 Å². The van der Waals surface area contributed by atoms with Crippen molar-refractivity contribution in [3.8, 4) is 0 Å². The molecule has 446 valence electrons. The minimum absolute atomic E-state index is 0.0247. The molecule has 0 aliphatic carbocycles. The van der Waals surface area contributed by atoms with Gasteiger partial charge < -0.3 is 28.7 Å². The van der Waals surface area contributed by atoms with E-state index in [1.807, 2.05) is 0 Å². The normalized spacial score (nSPS) is 22.8. The van der Waals surface area contributed by atoms with Crippen LogP contribution in [0.2, 0.25) is 0 Å². The predicted molar refractivity (Wildman–Crippen MR) is 347 cm³/mol. The average Bonchev–Trinajstić information content (AvgIpc) is 0.629. The van der Waals surface area contributed by atoms with Crippen LogP contribution >= 0.6 is 0 Å². The highest BCUT2D eigenvalue weighted by Crippen LogP contribution is 2.76. The molecule has 0 saturated heterocycles. The summed E-state index contributed by atoms with van der Waals surface area (Å²) in [6.45, 7) is 6.65. The van der Waals surface area contributed by atoms with Crippen LogP contribution < -0.4 is 32.4 Å². The van der Waals surface area contributed by atoms with Crippen LogP contribution in [0, 0.1) is 27.7 Å². The Morgan fingerprint density at radius 3 is 1.28 bits per heavy atom. The maximum absolute atomic E-state index is 19.4. The number of nitrogens with two attached hydrogens (primary N) is 5. The summed E-state index contributed by atoms with van der Waals surface area (Å²) in [7, 11) is -22.6. The molecule has 0 amide bonds. The van der Waals surface area contributed by atoms with Gasteiger partial charge in [0.05, 0.1) is 43.5 Å². The molecule has 0 aromatic heterocycles. The van der Waals surface area contributed by atoms with Gasteiger partial charge in [0.15, 0.2) is 14.7 Å². The van der Waals surface area contributed by atoms with Gasteiger partial charge in [0, 0.05) is 17.4 Å². The van der Waals surface area contributed by atoms with Gasteiger partial charge >= 0.3 is 0 Å². The van der Waals surface area contributed by atoms with E-state index in [1.165, 1.54) is 72.8 Å². The van der Waals surface area contributed by atoms with Crippen LogP contribution in [-0.4, -0.2) is 33.7 Å². The molecule has 4 bridgehead atoms. The number of rotatable bonds is 11. The van der Waals surface area contributed by atoms with Gasteiger partial charge in [0.1, 0.15) is 14.5 Å². The fourth-order valence-corrected chi connectivity index (χ4v) is 23.7. The fraction of sp³-hybridized carbons (Fsp3) is 0.143. The monoisotopic (exact) mass is 1240 g/mol. The van der Waals surface area contributed by atoms with Crippen LogP contribution in [0.25, 0.3) is 0 Å². The molecule has 0 radical (unpaired) electrons. The Morgan fingerprint density at radius 1 is 0.432 bits per heavy atom. The number of nitrogen functional groups attached to an aromatic ring is 3. The number of hydrogen-bond acceptors (Lipinski definition) is 13. The second-order valence-corrected chi connectivity index (χ2v) is 30.8. The molecule has 2 heterocycles. The summed E-state index contributed by atoms with van der Waals surface area (Å²) in [5.74, 6) is -3.21. The molecule has 10 N–H and O–H groups in total. The zero-order chi connectivity index (χ0) is 62.6. The summed E-state index contributed by atoms with van der Waals surface area (Å²) in [5, 5.41) is 0. The Bertz CT molecular complexity index is 4770. The highest BCUT2D eigenvalue weighted by molar-refractivity contribution is 8.10. The highest BCUT2D eigenvalue weighted by atomic mass is 32.3. The van der Waals surface area contributed by atoms with E-state index in [4.69, 9.17) is 28.7 Å². The maximum Gasteiger partial charge on any atom is 0.277 e. The van der Waals surface area contributed by atoms with E-state index in [2.05, 4.69) is 0 Å². The third-order valence-electron chi connectivity index (χ3n) is 18.1. The van der Waals surface area contributed by atoms with Gasteiger partial charge in [-0.2, -0.15) is 3.71 Å². The number of anilines is 4. The molecule has 18 heteroatoms. The summed E-state index contributed by atoms with van der Waals surface area (Å²) in [4.78, 5) is -5.81. The minimum atomic E-state index is -6.06. The third kappa shape index (κ3) is 8.01. The van der Waals surface area contributed by atoms with Crippen molar-refractivity contribution in [2.75, 3.05) is 20.9 Å². The van der Waals surface area contributed by atoms with E-state index in [0.29, 0.717) is 22.3 Å². The summed E-state index contributed by atoms with van der Waals surface area (Å²) in [6, 6.07) is 64.3. The largest absolute Gasteiger partial charge is 0.398 e. The summed E-state index contributed by atoms with van der Waals surface area (Å²) < 4.78 is 138. The molecule has 0 spiro atoms. The smallest absolute Gasteiger partial charge is 0.277 e. The summed E-state index contributed by atoms with van der Waals surface area (Å²) >= 11 is 0. The van der Waals surface area contributed by atoms with Crippen LogP contribution in [-0.2, 0) is 60.3 Å². The number of sulfone groups is 2. The molecule has 0 fully saturated rings. The van der Waals surface area contributed by atoms with Crippen molar-refractivity contribution in [1.29, 1.82) is 0 Å². The van der Waals surface area contributed by atoms with E-state index in [0.717, 1.165) is 0 Å². The van der Waals surface area contributed by atoms with Gasteiger partial charge in [-0.15, -0.1) is 0 Å². The lowest BCUT2D eigenvalue weighted by Gasteiger charge is -2.68. The Balaban J connectivity index is 1.52. The second-order valence-electron chi connectivity index (χ2n) is 22.9. The number of hydrogen-bond donors (Lipinski definition) is 5. The molecule has 2 aliphatic heterocycles. The van der Waals surface area contributed by atoms with E-state index < -0.39 is 114 Å². The summed E-state index contributed by atoms with van der Waals surface area (Å²) in [5.41, 5.74) is 33.7. The van der Waals surface area contributed by atoms with Crippen molar-refractivity contribution in [2.45, 2.75) is 79.7 Å². The molecule has 10 aromatic carbocycles. The standard InChI is InChI=1S/C70H64N6O8S4/c1-45-35-39-55(40-36-45)87(81,82)76(88(83,84)56-41-37-46(2)38-42-56)64-59-47(3)43-58(72)66(64)85(77,78)68(52-29-17-8-18-30-52)61-48(4)44-57(71)65(63(61)73)86(79,80)70(75,54-33-21-10-22-34-54)69(74,53-31-19-9-20-32-53)67(68,51-27-15-7-16-28-51)62(50-25-13-6-14-26-50)60(59)49-23-11-5-12-24-49/h5-44,60,62H,71-75H2,1-4H3/t60?,62?,67?,68?,69-,70-/m0/s1. The maximum atomic E-state index is 19.4. The van der Waals surface area contributed by atoms with Crippen molar-refractivity contribution in [3.63, 3.8) is 0 Å². The number of nitrogens with zero attached hydrogens (tertiary/aromatic N) is 1. The zero-order valence-corrected chi connectivity index (χ0v) is 51.7. The molecule has 6 atom stereocenters. The molecule has 0 saturated carbocycles. The Labute approximate surface area is 514 Å². The van der Waals surface area contributed by atoms with Crippen LogP contribution in [0.5, 0.6) is 0 Å². The van der Waals surface area contributed by atoms with Gasteiger partial charge in [0.2, 0.25) is 9.84 Å². The topological polar surface area (TPSA) is 270 Å². The number of fused-ring (bicyclic) bond motifs is 6. The first kappa shape index (κ1) is 59.5. The van der Waals surface area contributed by atoms with Crippen molar-refractivity contribution >= 4 is 62.5 Å². The summed E-state index contributed by atoms with van der Waals surface area (Å²) in [6.07, 6.45) is 0. The molecule has 88 heavy (non-hydrogen) atoms. The van der Waals surface area contributed by atoms with Crippen LogP contribution in [0.15, 0.2) is 262 Å². The highest BCUT2D eigenvalue weighted by Gasteiger charge is 2.82. The van der Waals surface area contributed by atoms with Crippen molar-refractivity contribution in [3.05, 3.63) is 309 Å². The number of sulfonamides is 2. The molecule has 4 unspecified atom stereocenters. The van der Waals surface area contributed by atoms with Crippen molar-refractivity contribution in [2.24, 2.45) is 11.5 Å². The fourth-order valence-electron chi connectivity index (χ4n) is 14.6. The Kier molecular flexibility index (Phi) is 14.3. The van der Waals surface area contributed by atoms with Gasteiger partial charge in [-0.05, 0) is 114 Å². The van der Waals surface area contributed by atoms with E-state index >= 15 is 33.7 Å². The molecular weight excluding hydrogens is 1180 g/mol. The lowest BCUT2D eigenvalue weighted by molar-refractivity contribution is 0.0746. The van der Waals surface area contributed by atoms with Crippen molar-refractivity contribution < 1.29 is 33.7 Å². The lowest BCUT2D eigenvalue weighted by atomic mass is 9.42. The van der Waals surface area contributed by atoms with E-state index in [9.17, 15) is 0 Å². The first-order valence-corrected chi connectivity index (χ1v) is 34.2. The van der Waals surface area contributed by atoms with Gasteiger partial charge in [-0.3, -0.25) is 0 Å². The minimum Gasteiger partial charge on any atom is -0.398 e. The quantitative estimate of drug-likeness (QED) is 0.0755. The van der Waals surface area contributed by atoms with E-state index in [-0.39, 0.29) is 48.2 Å². The van der Waals surface area contributed by atoms with Crippen molar-refractivity contribution in [1.82, 2.24) is 0 Å². The molecule has 2 aliphatic rings. The average molecular weight is 1250 g/mol. The Morgan fingerprint density at radius 2 is 0.818 bits per heavy atom. The number of aryl methyl sites for hydroxylation is 4. The SMILES string of the molecule is Cc1ccc(S(=O)(=O)N(c2c3c(C)cc(N)c2S(=O)(=O)C2(c4ccccc4)c4c(C)cc(N)c(c4N)S(=O)(=O)[C@@](N)(c4ccccc4)[C@](N)(c4ccccc4)C2(c2ccccc2)C(c2ccccc2)C3c2ccccc2)S(=O)(=O)c2ccc(C)cc2)cc1. The molecule has 12 rings (SSSR count). The lowest BCUT2D eigenvalue weighted by Crippen LogP contribution is -2.81. The van der Waals surface area contributed by atoms with Gasteiger partial charge in [-0.1, -0.05) is 217 Å². The first-order valence-electron chi connectivity index (χ1n) is 28.3. The predicted octanol–water partition coefficient (Wildman–Crippen LogP) is 11.3. The Hall–Kier alpha value is -8.88.